The summed E-state index contributed by atoms with van der Waals surface area (Å²) in [6.07, 6.45) is 2.56. The van der Waals surface area contributed by atoms with Crippen LogP contribution in [0.3, 0.4) is 0 Å². The molecule has 0 bridgehead atoms. The van der Waals surface area contributed by atoms with Crippen molar-refractivity contribution in [3.05, 3.63) is 89.2 Å². The number of pyridine rings is 1. The van der Waals surface area contributed by atoms with Crippen molar-refractivity contribution in [2.75, 3.05) is 19.7 Å². The van der Waals surface area contributed by atoms with Gasteiger partial charge in [0.1, 0.15) is 23.8 Å². The number of hydrogen-bond acceptors (Lipinski definition) is 4. The third-order valence-corrected chi connectivity index (χ3v) is 5.90. The van der Waals surface area contributed by atoms with Gasteiger partial charge in [0.05, 0.1) is 6.61 Å². The first-order chi connectivity index (χ1) is 18.5. The summed E-state index contributed by atoms with van der Waals surface area (Å²) in [4.78, 5) is 19.0. The average Bonchev–Trinajstić information content (AvgIpc) is 2.97. The van der Waals surface area contributed by atoms with Crippen LogP contribution in [0.2, 0.25) is 0 Å². The minimum absolute atomic E-state index is 0. The summed E-state index contributed by atoms with van der Waals surface area (Å²) in [5.41, 5.74) is 3.83. The van der Waals surface area contributed by atoms with E-state index < -0.39 is 0 Å². The number of rotatable bonds is 8. The van der Waals surface area contributed by atoms with Gasteiger partial charge in [-0.2, -0.15) is 0 Å². The Balaban J connectivity index is 0.00000193. The van der Waals surface area contributed by atoms with Crippen LogP contribution in [0.15, 0.2) is 66.9 Å². The molecule has 0 unspecified atom stereocenters. The van der Waals surface area contributed by atoms with E-state index in [1.165, 1.54) is 5.56 Å². The van der Waals surface area contributed by atoms with Crippen molar-refractivity contribution in [2.24, 2.45) is 0 Å². The zero-order valence-electron chi connectivity index (χ0n) is 25.0. The number of amides is 1. The standard InChI is InChI=1S/C27H30N2O3.3C2H6.H2/c1-4-14-31-23-12-13-28-24(16-23)26(30)29-18-27(3,19-29)22-10-11-25(20(2)15-22)32-17-21-8-6-5-7-9-21;3*1-2;/h5-13,15-16H,4,14,17-19H2,1-3H3;3*1-2H3;1H/i;;;;1+2. The summed E-state index contributed by atoms with van der Waals surface area (Å²) in [6, 6.07) is 20.0. The van der Waals surface area contributed by atoms with Crippen LogP contribution in [0.25, 0.3) is 0 Å². The fourth-order valence-corrected chi connectivity index (χ4v) is 4.04. The Bertz CT molecular complexity index is 1080. The van der Waals surface area contributed by atoms with Gasteiger partial charge in [0, 0.05) is 32.2 Å². The fourth-order valence-electron chi connectivity index (χ4n) is 4.04. The monoisotopic (exact) mass is 524 g/mol. The lowest BCUT2D eigenvalue weighted by Gasteiger charge is -2.48. The molecule has 5 nitrogen and oxygen atoms in total. The van der Waals surface area contributed by atoms with Gasteiger partial charge in [0.15, 0.2) is 0 Å². The van der Waals surface area contributed by atoms with E-state index in [1.54, 1.807) is 18.3 Å². The van der Waals surface area contributed by atoms with Crippen LogP contribution in [0.1, 0.15) is 90.4 Å². The van der Waals surface area contributed by atoms with Gasteiger partial charge < -0.3 is 14.4 Å². The SMILES string of the molecule is CC.CC.CC.CCCOc1ccnc(C(=O)N2CC(C)(c3ccc(OCc4ccccc4)c(C)c3)C2)c1.[3HH]. The van der Waals surface area contributed by atoms with E-state index in [-0.39, 0.29) is 12.7 Å². The molecule has 0 N–H and O–H groups in total. The molecule has 1 saturated heterocycles. The molecule has 38 heavy (non-hydrogen) atoms. The minimum Gasteiger partial charge on any atom is -0.493 e. The van der Waals surface area contributed by atoms with Gasteiger partial charge in [0.25, 0.3) is 5.91 Å². The van der Waals surface area contributed by atoms with Crippen LogP contribution in [-0.4, -0.2) is 35.5 Å². The highest BCUT2D eigenvalue weighted by molar-refractivity contribution is 5.93. The lowest BCUT2D eigenvalue weighted by molar-refractivity contribution is 0.0427. The van der Waals surface area contributed by atoms with E-state index in [4.69, 9.17) is 9.47 Å². The molecule has 0 saturated carbocycles. The molecule has 0 spiro atoms. The van der Waals surface area contributed by atoms with Crippen LogP contribution in [0, 0.1) is 6.92 Å². The summed E-state index contributed by atoms with van der Waals surface area (Å²) in [5, 5.41) is 0. The molecule has 1 fully saturated rings. The number of benzene rings is 2. The maximum Gasteiger partial charge on any atom is 0.272 e. The van der Waals surface area contributed by atoms with Gasteiger partial charge in [-0.15, -0.1) is 0 Å². The van der Waals surface area contributed by atoms with Gasteiger partial charge in [-0.1, -0.05) is 97.9 Å². The van der Waals surface area contributed by atoms with E-state index in [2.05, 4.69) is 50.0 Å². The maximum atomic E-state index is 12.9. The highest BCUT2D eigenvalue weighted by atomic mass is 16.5. The Hall–Kier alpha value is -3.34. The largest absolute Gasteiger partial charge is 0.493 e. The van der Waals surface area contributed by atoms with Crippen molar-refractivity contribution in [1.82, 2.24) is 9.88 Å². The minimum atomic E-state index is -0.0747. The summed E-state index contributed by atoms with van der Waals surface area (Å²) in [7, 11) is 0. The van der Waals surface area contributed by atoms with Gasteiger partial charge in [-0.25, -0.2) is 0 Å². The van der Waals surface area contributed by atoms with Gasteiger partial charge in [-0.05, 0) is 42.2 Å². The van der Waals surface area contributed by atoms with E-state index >= 15 is 0 Å². The highest BCUT2D eigenvalue weighted by Crippen LogP contribution is 2.37. The van der Waals surface area contributed by atoms with Crippen molar-refractivity contribution in [3.8, 4) is 11.5 Å². The molecule has 0 atom stereocenters. The van der Waals surface area contributed by atoms with E-state index in [9.17, 15) is 4.79 Å². The van der Waals surface area contributed by atoms with Gasteiger partial charge in [-0.3, -0.25) is 9.78 Å². The van der Waals surface area contributed by atoms with E-state index in [0.717, 1.165) is 23.3 Å². The van der Waals surface area contributed by atoms with Crippen LogP contribution in [0.4, 0.5) is 0 Å². The van der Waals surface area contributed by atoms with Gasteiger partial charge in [0.2, 0.25) is 0 Å². The summed E-state index contributed by atoms with van der Waals surface area (Å²) in [6.45, 7) is 20.8. The Morgan fingerprint density at radius 2 is 1.61 bits per heavy atom. The second-order valence-corrected chi connectivity index (χ2v) is 8.70. The first-order valence-electron chi connectivity index (χ1n) is 14.1. The zero-order valence-corrected chi connectivity index (χ0v) is 25.0. The first kappa shape index (κ1) is 32.7. The summed E-state index contributed by atoms with van der Waals surface area (Å²) >= 11 is 0. The molecular weight excluding hydrogens is 472 g/mol. The molecule has 1 aliphatic heterocycles. The Morgan fingerprint density at radius 3 is 2.21 bits per heavy atom. The molecule has 0 radical (unpaired) electrons. The molecule has 1 aliphatic rings. The van der Waals surface area contributed by atoms with Crippen molar-refractivity contribution >= 4 is 5.91 Å². The Morgan fingerprint density at radius 1 is 0.947 bits per heavy atom. The lowest BCUT2D eigenvalue weighted by atomic mass is 9.75. The van der Waals surface area contributed by atoms with Crippen LogP contribution in [-0.2, 0) is 12.0 Å². The van der Waals surface area contributed by atoms with Crippen molar-refractivity contribution in [3.63, 3.8) is 0 Å². The molecule has 0 aliphatic carbocycles. The number of carbonyl (C=O) groups is 1. The van der Waals surface area contributed by atoms with Crippen LogP contribution in [0.5, 0.6) is 11.5 Å². The fraction of sp³-hybridized carbons (Fsp3) is 0.455. The Labute approximate surface area is 232 Å². The number of aromatic nitrogens is 1. The molecule has 1 aromatic heterocycles. The predicted molar refractivity (Wildman–Crippen MR) is 161 cm³/mol. The summed E-state index contributed by atoms with van der Waals surface area (Å²) in [5.74, 6) is 1.53. The molecule has 5 heteroatoms. The molecule has 210 valence electrons. The van der Waals surface area contributed by atoms with Gasteiger partial charge >= 0.3 is 0 Å². The number of ether oxygens (including phenoxy) is 2. The summed E-state index contributed by atoms with van der Waals surface area (Å²) < 4.78 is 11.7. The molecule has 3 aromatic rings. The lowest BCUT2D eigenvalue weighted by Crippen LogP contribution is -2.59. The van der Waals surface area contributed by atoms with Crippen molar-refractivity contribution < 1.29 is 15.7 Å². The normalized spacial score (nSPS) is 12.7. The van der Waals surface area contributed by atoms with E-state index in [0.29, 0.717) is 37.7 Å². The van der Waals surface area contributed by atoms with Crippen LogP contribution >= 0.6 is 0 Å². The number of likely N-dealkylation sites (tertiary alicyclic amines) is 1. The van der Waals surface area contributed by atoms with Crippen LogP contribution < -0.4 is 9.47 Å². The maximum absolute atomic E-state index is 12.9. The second-order valence-electron chi connectivity index (χ2n) is 8.70. The smallest absolute Gasteiger partial charge is 0.272 e. The number of nitrogens with zero attached hydrogens (tertiary/aromatic N) is 2. The van der Waals surface area contributed by atoms with Crippen molar-refractivity contribution in [1.29, 1.82) is 0 Å². The third kappa shape index (κ3) is 8.90. The molecule has 2 heterocycles. The highest BCUT2D eigenvalue weighted by Gasteiger charge is 2.43. The number of hydrogen-bond donors (Lipinski definition) is 0. The third-order valence-electron chi connectivity index (χ3n) is 5.90. The topological polar surface area (TPSA) is 51.7 Å². The molecule has 2 aromatic carbocycles. The second kappa shape index (κ2) is 17.2. The molecular formula is C33H50N2O3. The number of carbonyl (C=O) groups excluding carboxylic acids is 1. The van der Waals surface area contributed by atoms with E-state index in [1.807, 2.05) is 70.7 Å². The quantitative estimate of drug-likeness (QED) is 0.296. The predicted octanol–water partition coefficient (Wildman–Crippen LogP) is 8.50. The average molecular weight is 525 g/mol. The molecule has 1 amide bonds. The Kier molecular flexibility index (Phi) is 14.8. The first-order valence-corrected chi connectivity index (χ1v) is 14.1. The zero-order chi connectivity index (χ0) is 28.6. The number of aryl methyl sites for hydroxylation is 1. The van der Waals surface area contributed by atoms with Crippen molar-refractivity contribution in [2.45, 2.75) is 80.8 Å². The molecule has 4 rings (SSSR count).